The van der Waals surface area contributed by atoms with Gasteiger partial charge in [-0.3, -0.25) is 0 Å². The van der Waals surface area contributed by atoms with Gasteiger partial charge in [0.05, 0.1) is 19.3 Å². The molecule has 2 heteroatoms. The van der Waals surface area contributed by atoms with Crippen LogP contribution in [0.5, 0.6) is 0 Å². The van der Waals surface area contributed by atoms with Crippen molar-refractivity contribution in [2.45, 2.75) is 38.4 Å². The molecule has 0 heterocycles. The Hall–Kier alpha value is -1.12. The molecule has 1 aliphatic carbocycles. The summed E-state index contributed by atoms with van der Waals surface area (Å²) in [7, 11) is 0. The van der Waals surface area contributed by atoms with Crippen molar-refractivity contribution < 1.29 is 9.84 Å². The highest BCUT2D eigenvalue weighted by molar-refractivity contribution is 5.13. The van der Waals surface area contributed by atoms with Crippen molar-refractivity contribution in [2.24, 2.45) is 0 Å². The van der Waals surface area contributed by atoms with E-state index < -0.39 is 0 Å². The lowest BCUT2D eigenvalue weighted by atomic mass is 10.1. The van der Waals surface area contributed by atoms with Gasteiger partial charge in [0.15, 0.2) is 0 Å². The predicted octanol–water partition coefficient (Wildman–Crippen LogP) is 3.06. The molecule has 1 N–H and O–H groups in total. The normalized spacial score (nSPS) is 16.9. The maximum atomic E-state index is 9.82. The molecule has 0 amide bonds. The Bertz CT molecular complexity index is 356. The molecular formula is C15H20O2. The third-order valence-electron chi connectivity index (χ3n) is 3.05. The highest BCUT2D eigenvalue weighted by atomic mass is 16.5. The summed E-state index contributed by atoms with van der Waals surface area (Å²) in [5.74, 6) is 0. The van der Waals surface area contributed by atoms with Crippen LogP contribution in [0.2, 0.25) is 0 Å². The Morgan fingerprint density at radius 3 is 2.76 bits per heavy atom. The Morgan fingerprint density at radius 2 is 2.06 bits per heavy atom. The summed E-state index contributed by atoms with van der Waals surface area (Å²) in [5, 5.41) is 9.82. The minimum absolute atomic E-state index is 0.358. The lowest BCUT2D eigenvalue weighted by Crippen LogP contribution is -2.15. The van der Waals surface area contributed by atoms with Crippen LogP contribution in [0, 0.1) is 0 Å². The van der Waals surface area contributed by atoms with Crippen LogP contribution >= 0.6 is 0 Å². The fourth-order valence-electron chi connectivity index (χ4n) is 2.17. The Kier molecular flexibility index (Phi) is 4.77. The second-order valence-electron chi connectivity index (χ2n) is 4.61. The van der Waals surface area contributed by atoms with Gasteiger partial charge in [-0.15, -0.1) is 0 Å². The molecule has 1 aromatic carbocycles. The van der Waals surface area contributed by atoms with Gasteiger partial charge in [0, 0.05) is 0 Å². The first-order valence-electron chi connectivity index (χ1n) is 6.32. The van der Waals surface area contributed by atoms with E-state index in [1.165, 1.54) is 18.4 Å². The van der Waals surface area contributed by atoms with Crippen LogP contribution < -0.4 is 0 Å². The third kappa shape index (κ3) is 4.33. The van der Waals surface area contributed by atoms with Crippen LogP contribution in [0.3, 0.4) is 0 Å². The van der Waals surface area contributed by atoms with Gasteiger partial charge in [-0.1, -0.05) is 42.0 Å². The van der Waals surface area contributed by atoms with E-state index in [2.05, 4.69) is 6.08 Å². The molecule has 0 saturated carbocycles. The van der Waals surface area contributed by atoms with Gasteiger partial charge in [0.1, 0.15) is 0 Å². The fraction of sp³-hybridized carbons (Fsp3) is 0.467. The first-order chi connectivity index (χ1) is 8.34. The number of allylic oxidation sites excluding steroid dienone is 1. The van der Waals surface area contributed by atoms with Gasteiger partial charge >= 0.3 is 0 Å². The molecule has 0 spiro atoms. The first kappa shape index (κ1) is 12.3. The monoisotopic (exact) mass is 232 g/mol. The van der Waals surface area contributed by atoms with E-state index in [0.29, 0.717) is 13.2 Å². The molecule has 1 atom stereocenters. The minimum Gasteiger partial charge on any atom is -0.390 e. The van der Waals surface area contributed by atoms with Crippen molar-refractivity contribution in [2.75, 3.05) is 6.61 Å². The number of hydrogen-bond acceptors (Lipinski definition) is 2. The van der Waals surface area contributed by atoms with Gasteiger partial charge in [0.2, 0.25) is 0 Å². The standard InChI is InChI=1S/C15H20O2/c16-15(10-13-6-4-5-7-13)12-17-11-14-8-2-1-3-9-14/h1-3,6,8-9,15-16H,4-5,7,10-12H2/t15-/m0/s1. The molecule has 0 aromatic heterocycles. The van der Waals surface area contributed by atoms with Crippen molar-refractivity contribution in [3.63, 3.8) is 0 Å². The molecule has 0 radical (unpaired) electrons. The van der Waals surface area contributed by atoms with Crippen LogP contribution in [0.1, 0.15) is 31.2 Å². The van der Waals surface area contributed by atoms with Gasteiger partial charge in [-0.2, -0.15) is 0 Å². The molecule has 1 aromatic rings. The molecule has 0 saturated heterocycles. The topological polar surface area (TPSA) is 29.5 Å². The fourth-order valence-corrected chi connectivity index (χ4v) is 2.17. The van der Waals surface area contributed by atoms with Gasteiger partial charge in [-0.05, 0) is 31.2 Å². The van der Waals surface area contributed by atoms with Crippen molar-refractivity contribution in [3.8, 4) is 0 Å². The van der Waals surface area contributed by atoms with Crippen LogP contribution in [0.15, 0.2) is 42.0 Å². The molecule has 92 valence electrons. The quantitative estimate of drug-likeness (QED) is 0.764. The number of aliphatic hydroxyl groups is 1. The van der Waals surface area contributed by atoms with E-state index >= 15 is 0 Å². The van der Waals surface area contributed by atoms with Crippen molar-refractivity contribution >= 4 is 0 Å². The maximum absolute atomic E-state index is 9.82. The van der Waals surface area contributed by atoms with E-state index in [-0.39, 0.29) is 6.10 Å². The number of ether oxygens (including phenoxy) is 1. The summed E-state index contributed by atoms with van der Waals surface area (Å²) >= 11 is 0. The van der Waals surface area contributed by atoms with Gasteiger partial charge in [-0.25, -0.2) is 0 Å². The summed E-state index contributed by atoms with van der Waals surface area (Å²) in [4.78, 5) is 0. The highest BCUT2D eigenvalue weighted by Gasteiger charge is 2.10. The number of benzene rings is 1. The van der Waals surface area contributed by atoms with E-state index in [9.17, 15) is 5.11 Å². The Morgan fingerprint density at radius 1 is 1.24 bits per heavy atom. The molecule has 2 rings (SSSR count). The van der Waals surface area contributed by atoms with Gasteiger partial charge < -0.3 is 9.84 Å². The lowest BCUT2D eigenvalue weighted by molar-refractivity contribution is 0.0286. The second-order valence-corrected chi connectivity index (χ2v) is 4.61. The number of rotatable bonds is 6. The van der Waals surface area contributed by atoms with Gasteiger partial charge in [0.25, 0.3) is 0 Å². The molecule has 0 fully saturated rings. The average molecular weight is 232 g/mol. The molecule has 0 unspecified atom stereocenters. The Balaban J connectivity index is 1.64. The van der Waals surface area contributed by atoms with Crippen molar-refractivity contribution in [3.05, 3.63) is 47.5 Å². The third-order valence-corrected chi connectivity index (χ3v) is 3.05. The Labute approximate surface area is 103 Å². The lowest BCUT2D eigenvalue weighted by Gasteiger charge is -2.12. The van der Waals surface area contributed by atoms with Crippen LogP contribution in [0.25, 0.3) is 0 Å². The van der Waals surface area contributed by atoms with E-state index in [1.54, 1.807) is 0 Å². The zero-order valence-electron chi connectivity index (χ0n) is 10.1. The van der Waals surface area contributed by atoms with Crippen molar-refractivity contribution in [1.29, 1.82) is 0 Å². The summed E-state index contributed by atoms with van der Waals surface area (Å²) < 4.78 is 5.51. The largest absolute Gasteiger partial charge is 0.390 e. The predicted molar refractivity (Wildman–Crippen MR) is 68.7 cm³/mol. The molecule has 0 aliphatic heterocycles. The summed E-state index contributed by atoms with van der Waals surface area (Å²) in [6, 6.07) is 10.1. The minimum atomic E-state index is -0.358. The maximum Gasteiger partial charge on any atom is 0.0810 e. The smallest absolute Gasteiger partial charge is 0.0810 e. The molecule has 1 aliphatic rings. The van der Waals surface area contributed by atoms with Crippen LogP contribution in [0.4, 0.5) is 0 Å². The van der Waals surface area contributed by atoms with Crippen LogP contribution in [-0.4, -0.2) is 17.8 Å². The van der Waals surface area contributed by atoms with Crippen LogP contribution in [-0.2, 0) is 11.3 Å². The molecular weight excluding hydrogens is 212 g/mol. The number of hydrogen-bond donors (Lipinski definition) is 1. The molecule has 2 nitrogen and oxygen atoms in total. The SMILES string of the molecule is O[C@H](COCc1ccccc1)CC1=CCCC1. The van der Waals surface area contributed by atoms with Crippen molar-refractivity contribution in [1.82, 2.24) is 0 Å². The summed E-state index contributed by atoms with van der Waals surface area (Å²) in [5.41, 5.74) is 2.54. The zero-order valence-corrected chi connectivity index (χ0v) is 10.1. The average Bonchev–Trinajstić information content (AvgIpc) is 2.83. The molecule has 17 heavy (non-hydrogen) atoms. The summed E-state index contributed by atoms with van der Waals surface area (Å²) in [6.45, 7) is 1.00. The highest BCUT2D eigenvalue weighted by Crippen LogP contribution is 2.21. The first-order valence-corrected chi connectivity index (χ1v) is 6.32. The summed E-state index contributed by atoms with van der Waals surface area (Å²) in [6.07, 6.45) is 6.23. The second kappa shape index (κ2) is 6.58. The van der Waals surface area contributed by atoms with E-state index in [0.717, 1.165) is 18.4 Å². The van der Waals surface area contributed by atoms with E-state index in [1.807, 2.05) is 30.3 Å². The van der Waals surface area contributed by atoms with E-state index in [4.69, 9.17) is 4.74 Å². The number of aliphatic hydroxyl groups excluding tert-OH is 1. The molecule has 0 bridgehead atoms. The zero-order chi connectivity index (χ0) is 11.9.